The second-order valence-electron chi connectivity index (χ2n) is 6.99. The van der Waals surface area contributed by atoms with E-state index in [1.165, 1.54) is 71.1 Å². The maximum atomic E-state index is 3.78. The zero-order valence-electron chi connectivity index (χ0n) is 13.4. The van der Waals surface area contributed by atoms with E-state index >= 15 is 0 Å². The quantitative estimate of drug-likeness (QED) is 0.721. The lowest BCUT2D eigenvalue weighted by atomic mass is 9.80. The van der Waals surface area contributed by atoms with Crippen molar-refractivity contribution in [1.82, 2.24) is 10.2 Å². The number of piperidine rings is 1. The fourth-order valence-corrected chi connectivity index (χ4v) is 3.45. The van der Waals surface area contributed by atoms with Crippen LogP contribution in [0.25, 0.3) is 0 Å². The molecule has 1 N–H and O–H groups in total. The van der Waals surface area contributed by atoms with Gasteiger partial charge in [0.1, 0.15) is 0 Å². The van der Waals surface area contributed by atoms with Crippen molar-refractivity contribution in [3.8, 4) is 0 Å². The van der Waals surface area contributed by atoms with Crippen LogP contribution in [0.3, 0.4) is 0 Å². The van der Waals surface area contributed by atoms with Crippen molar-refractivity contribution in [3.63, 3.8) is 0 Å². The summed E-state index contributed by atoms with van der Waals surface area (Å²) in [4.78, 5) is 2.74. The average Bonchev–Trinajstić information content (AvgIpc) is 3.28. The Morgan fingerprint density at radius 3 is 2.11 bits per heavy atom. The number of hydrogen-bond acceptors (Lipinski definition) is 2. The highest BCUT2D eigenvalue weighted by atomic mass is 15.1. The molecule has 1 saturated heterocycles. The van der Waals surface area contributed by atoms with Crippen LogP contribution in [0.2, 0.25) is 0 Å². The summed E-state index contributed by atoms with van der Waals surface area (Å²) in [5.41, 5.74) is 0.516. The van der Waals surface area contributed by atoms with Crippen LogP contribution in [0.1, 0.15) is 65.7 Å². The lowest BCUT2D eigenvalue weighted by Crippen LogP contribution is -2.46. The predicted molar refractivity (Wildman–Crippen MR) is 83.5 cm³/mol. The Morgan fingerprint density at radius 1 is 1.00 bits per heavy atom. The van der Waals surface area contributed by atoms with Gasteiger partial charge in [0.25, 0.3) is 0 Å². The number of hydrogen-bond donors (Lipinski definition) is 1. The fraction of sp³-hybridized carbons (Fsp3) is 1.00. The summed E-state index contributed by atoms with van der Waals surface area (Å²) in [5.74, 6) is 0.999. The average molecular weight is 266 g/mol. The third-order valence-electron chi connectivity index (χ3n) is 5.69. The first-order valence-electron chi connectivity index (χ1n) is 8.67. The largest absolute Gasteiger partial charge is 0.313 e. The van der Waals surface area contributed by atoms with Crippen LogP contribution in [-0.2, 0) is 0 Å². The van der Waals surface area contributed by atoms with Gasteiger partial charge in [-0.05, 0) is 62.9 Å². The molecule has 1 heterocycles. The van der Waals surface area contributed by atoms with Crippen molar-refractivity contribution in [3.05, 3.63) is 0 Å². The molecule has 2 nitrogen and oxygen atoms in total. The van der Waals surface area contributed by atoms with Gasteiger partial charge >= 0.3 is 0 Å². The molecular weight excluding hydrogens is 232 g/mol. The van der Waals surface area contributed by atoms with Gasteiger partial charge in [0, 0.05) is 19.1 Å². The van der Waals surface area contributed by atoms with E-state index in [2.05, 4.69) is 31.0 Å². The lowest BCUT2D eigenvalue weighted by molar-refractivity contribution is 0.0991. The monoisotopic (exact) mass is 266 g/mol. The number of nitrogens with zero attached hydrogens (tertiary/aromatic N) is 1. The molecule has 1 aliphatic carbocycles. The number of nitrogens with one attached hydrogen (secondary N) is 1. The Hall–Kier alpha value is -0.0800. The van der Waals surface area contributed by atoms with Crippen molar-refractivity contribution < 1.29 is 0 Å². The first-order valence-corrected chi connectivity index (χ1v) is 8.67. The molecule has 1 aliphatic heterocycles. The molecule has 112 valence electrons. The molecule has 0 radical (unpaired) electrons. The summed E-state index contributed by atoms with van der Waals surface area (Å²) in [5, 5.41) is 3.78. The molecule has 1 saturated carbocycles. The summed E-state index contributed by atoms with van der Waals surface area (Å²) in [6.07, 6.45) is 9.68. The van der Waals surface area contributed by atoms with Crippen LogP contribution in [0.15, 0.2) is 0 Å². The standard InChI is InChI=1S/C17H34N2/c1-4-15-9-11-19(12-10-15)14-17(5-2,6-3)13-18-16-7-8-16/h15-16,18H,4-14H2,1-3H3. The number of likely N-dealkylation sites (tertiary alicyclic amines) is 1. The summed E-state index contributed by atoms with van der Waals surface area (Å²) >= 11 is 0. The van der Waals surface area contributed by atoms with E-state index in [4.69, 9.17) is 0 Å². The summed E-state index contributed by atoms with van der Waals surface area (Å²) in [6, 6.07) is 0.850. The van der Waals surface area contributed by atoms with Crippen molar-refractivity contribution in [2.24, 2.45) is 11.3 Å². The first kappa shape index (κ1) is 15.3. The molecule has 2 heteroatoms. The third kappa shape index (κ3) is 4.46. The maximum Gasteiger partial charge on any atom is 0.00684 e. The molecule has 2 fully saturated rings. The highest BCUT2D eigenvalue weighted by molar-refractivity contribution is 4.89. The molecule has 19 heavy (non-hydrogen) atoms. The summed E-state index contributed by atoms with van der Waals surface area (Å²) in [7, 11) is 0. The van der Waals surface area contributed by atoms with E-state index in [9.17, 15) is 0 Å². The van der Waals surface area contributed by atoms with E-state index in [1.807, 2.05) is 0 Å². The normalized spacial score (nSPS) is 22.9. The molecule has 0 aromatic rings. The Labute approximate surface area is 120 Å². The highest BCUT2D eigenvalue weighted by Crippen LogP contribution is 2.31. The van der Waals surface area contributed by atoms with E-state index in [-0.39, 0.29) is 0 Å². The molecule has 0 spiro atoms. The molecule has 2 rings (SSSR count). The zero-order chi connectivity index (χ0) is 13.7. The Kier molecular flexibility index (Phi) is 5.70. The van der Waals surface area contributed by atoms with Gasteiger partial charge < -0.3 is 10.2 Å². The minimum absolute atomic E-state index is 0.516. The van der Waals surface area contributed by atoms with Gasteiger partial charge in [0.05, 0.1) is 0 Å². The molecule has 0 bridgehead atoms. The summed E-state index contributed by atoms with van der Waals surface area (Å²) < 4.78 is 0. The van der Waals surface area contributed by atoms with Crippen molar-refractivity contribution in [2.75, 3.05) is 26.2 Å². The van der Waals surface area contributed by atoms with Crippen LogP contribution < -0.4 is 5.32 Å². The van der Waals surface area contributed by atoms with Crippen molar-refractivity contribution in [2.45, 2.75) is 71.8 Å². The van der Waals surface area contributed by atoms with Gasteiger partial charge in [-0.15, -0.1) is 0 Å². The van der Waals surface area contributed by atoms with E-state index in [0.717, 1.165) is 12.0 Å². The Bertz CT molecular complexity index is 248. The van der Waals surface area contributed by atoms with Crippen molar-refractivity contribution in [1.29, 1.82) is 0 Å². The second kappa shape index (κ2) is 7.08. The van der Waals surface area contributed by atoms with Gasteiger partial charge in [-0.2, -0.15) is 0 Å². The molecule has 0 unspecified atom stereocenters. The minimum Gasteiger partial charge on any atom is -0.313 e. The van der Waals surface area contributed by atoms with E-state index < -0.39 is 0 Å². The molecule has 2 aliphatic rings. The topological polar surface area (TPSA) is 15.3 Å². The van der Waals surface area contributed by atoms with Crippen LogP contribution in [0.4, 0.5) is 0 Å². The fourth-order valence-electron chi connectivity index (χ4n) is 3.45. The maximum absolute atomic E-state index is 3.78. The Morgan fingerprint density at radius 2 is 1.63 bits per heavy atom. The molecular formula is C17H34N2. The highest BCUT2D eigenvalue weighted by Gasteiger charge is 2.32. The third-order valence-corrected chi connectivity index (χ3v) is 5.69. The van der Waals surface area contributed by atoms with Crippen LogP contribution in [0, 0.1) is 11.3 Å². The summed E-state index contributed by atoms with van der Waals surface area (Å²) in [6.45, 7) is 12.3. The van der Waals surface area contributed by atoms with E-state index in [1.54, 1.807) is 0 Å². The SMILES string of the molecule is CCC1CCN(CC(CC)(CC)CNC2CC2)CC1. The molecule has 0 aromatic heterocycles. The zero-order valence-corrected chi connectivity index (χ0v) is 13.4. The lowest BCUT2D eigenvalue weighted by Gasteiger charge is -2.40. The minimum atomic E-state index is 0.516. The van der Waals surface area contributed by atoms with Gasteiger partial charge in [-0.1, -0.05) is 27.2 Å². The van der Waals surface area contributed by atoms with Gasteiger partial charge in [-0.25, -0.2) is 0 Å². The van der Waals surface area contributed by atoms with E-state index in [0.29, 0.717) is 5.41 Å². The van der Waals surface area contributed by atoms with Gasteiger partial charge in [-0.3, -0.25) is 0 Å². The van der Waals surface area contributed by atoms with Gasteiger partial charge in [0.2, 0.25) is 0 Å². The molecule has 0 amide bonds. The Balaban J connectivity index is 1.81. The van der Waals surface area contributed by atoms with Crippen LogP contribution >= 0.6 is 0 Å². The molecule has 0 atom stereocenters. The smallest absolute Gasteiger partial charge is 0.00684 e. The number of rotatable bonds is 8. The predicted octanol–water partition coefficient (Wildman–Crippen LogP) is 3.67. The van der Waals surface area contributed by atoms with Crippen LogP contribution in [-0.4, -0.2) is 37.1 Å². The van der Waals surface area contributed by atoms with Gasteiger partial charge in [0.15, 0.2) is 0 Å². The molecule has 0 aromatic carbocycles. The van der Waals surface area contributed by atoms with Crippen LogP contribution in [0.5, 0.6) is 0 Å². The second-order valence-corrected chi connectivity index (χ2v) is 6.99. The van der Waals surface area contributed by atoms with Crippen molar-refractivity contribution >= 4 is 0 Å². The first-order chi connectivity index (χ1) is 9.21.